The zero-order chi connectivity index (χ0) is 24.2. The third-order valence-corrected chi connectivity index (χ3v) is 4.91. The first kappa shape index (κ1) is 22.2. The van der Waals surface area contributed by atoms with Crippen LogP contribution < -0.4 is 11.1 Å². The summed E-state index contributed by atoms with van der Waals surface area (Å²) in [6.07, 6.45) is 4.52. The summed E-state index contributed by atoms with van der Waals surface area (Å²) in [5.41, 5.74) is -0.944. The van der Waals surface area contributed by atoms with Gasteiger partial charge in [0.25, 0.3) is 5.69 Å². The number of carboxylic acids is 1. The van der Waals surface area contributed by atoms with Gasteiger partial charge in [0.15, 0.2) is 0 Å². The molecule has 34 heavy (non-hydrogen) atoms. The van der Waals surface area contributed by atoms with E-state index in [9.17, 15) is 24.5 Å². The van der Waals surface area contributed by atoms with E-state index in [1.165, 1.54) is 23.0 Å². The van der Waals surface area contributed by atoms with Gasteiger partial charge in [-0.3, -0.25) is 29.1 Å². The van der Waals surface area contributed by atoms with E-state index in [1.807, 2.05) is 30.3 Å². The van der Waals surface area contributed by atoms with Crippen molar-refractivity contribution in [2.24, 2.45) is 5.16 Å². The summed E-state index contributed by atoms with van der Waals surface area (Å²) in [7, 11) is 0. The first-order chi connectivity index (χ1) is 16.3. The van der Waals surface area contributed by atoms with Crippen molar-refractivity contribution in [1.82, 2.24) is 14.1 Å². The molecule has 12 nitrogen and oxygen atoms in total. The average Bonchev–Trinajstić information content (AvgIpc) is 3.28. The lowest BCUT2D eigenvalue weighted by atomic mass is 10.2. The summed E-state index contributed by atoms with van der Waals surface area (Å²) in [6.45, 7) is -0.508. The highest BCUT2D eigenvalue weighted by Crippen LogP contribution is 2.28. The van der Waals surface area contributed by atoms with Gasteiger partial charge < -0.3 is 19.5 Å². The van der Waals surface area contributed by atoms with Crippen LogP contribution in [0.3, 0.4) is 0 Å². The molecule has 0 saturated carbocycles. The van der Waals surface area contributed by atoms with Crippen molar-refractivity contribution >= 4 is 28.9 Å². The minimum absolute atomic E-state index is 0.0303. The molecule has 0 aliphatic rings. The lowest BCUT2D eigenvalue weighted by molar-refractivity contribution is -0.384. The number of H-pyrrole nitrogens is 1. The van der Waals surface area contributed by atoms with Crippen molar-refractivity contribution in [3.63, 3.8) is 0 Å². The SMILES string of the molecule is O=C(O)Cn1c(=O)c(=O)[nH]c2cc([N+](=O)[O-])c(-n3ccc(/C=N/OCc4ccccc4)c3)cc21. The van der Waals surface area contributed by atoms with E-state index in [4.69, 9.17) is 9.94 Å². The Morgan fingerprint density at radius 2 is 1.97 bits per heavy atom. The minimum Gasteiger partial charge on any atom is -0.480 e. The Balaban J connectivity index is 1.70. The second kappa shape index (κ2) is 9.24. The number of hydrogen-bond donors (Lipinski definition) is 2. The van der Waals surface area contributed by atoms with Gasteiger partial charge >= 0.3 is 17.1 Å². The van der Waals surface area contributed by atoms with Crippen molar-refractivity contribution in [2.75, 3.05) is 0 Å². The van der Waals surface area contributed by atoms with Crippen LogP contribution in [0.1, 0.15) is 11.1 Å². The fourth-order valence-electron chi connectivity index (χ4n) is 3.37. The van der Waals surface area contributed by atoms with E-state index in [0.29, 0.717) is 5.56 Å². The smallest absolute Gasteiger partial charge is 0.323 e. The Morgan fingerprint density at radius 3 is 2.68 bits per heavy atom. The standard InChI is InChI=1S/C22H17N5O7/c28-20(29)12-26-17-9-18(19(27(32)33)8-16(17)24-21(30)22(26)31)25-7-6-15(11-25)10-23-34-13-14-4-2-1-3-5-14/h1-11H,12-13H2,(H,24,30)(H,28,29)/b23-10+. The normalized spacial score (nSPS) is 11.2. The number of nitro groups is 1. The topological polar surface area (TPSA) is 162 Å². The van der Waals surface area contributed by atoms with Gasteiger partial charge in [0.1, 0.15) is 18.8 Å². The monoisotopic (exact) mass is 463 g/mol. The Labute approximate surface area is 190 Å². The van der Waals surface area contributed by atoms with E-state index < -0.39 is 28.6 Å². The molecule has 4 aromatic rings. The molecule has 172 valence electrons. The summed E-state index contributed by atoms with van der Waals surface area (Å²) in [5.74, 6) is -1.34. The Hall–Kier alpha value is -5.00. The number of rotatable bonds is 8. The van der Waals surface area contributed by atoms with E-state index in [-0.39, 0.29) is 29.0 Å². The maximum absolute atomic E-state index is 12.2. The van der Waals surface area contributed by atoms with Crippen LogP contribution in [0.25, 0.3) is 16.7 Å². The second-order valence-electron chi connectivity index (χ2n) is 7.20. The lowest BCUT2D eigenvalue weighted by Gasteiger charge is -2.10. The van der Waals surface area contributed by atoms with Gasteiger partial charge in [-0.15, -0.1) is 0 Å². The molecular weight excluding hydrogens is 446 g/mol. The van der Waals surface area contributed by atoms with Crippen molar-refractivity contribution in [1.29, 1.82) is 0 Å². The van der Waals surface area contributed by atoms with Crippen LogP contribution in [0.15, 0.2) is 75.7 Å². The van der Waals surface area contributed by atoms with Gasteiger partial charge in [-0.1, -0.05) is 35.5 Å². The van der Waals surface area contributed by atoms with Crippen LogP contribution in [0.2, 0.25) is 0 Å². The minimum atomic E-state index is -1.34. The molecule has 0 atom stereocenters. The fourth-order valence-corrected chi connectivity index (χ4v) is 3.37. The van der Waals surface area contributed by atoms with Gasteiger partial charge in [0.2, 0.25) is 0 Å². The highest BCUT2D eigenvalue weighted by atomic mass is 16.6. The molecule has 0 aliphatic heterocycles. The molecule has 12 heteroatoms. The van der Waals surface area contributed by atoms with Crippen LogP contribution in [0.5, 0.6) is 0 Å². The molecule has 2 heterocycles. The van der Waals surface area contributed by atoms with E-state index >= 15 is 0 Å². The molecule has 0 radical (unpaired) electrons. The number of hydrogen-bond acceptors (Lipinski definition) is 7. The van der Waals surface area contributed by atoms with E-state index in [1.54, 1.807) is 12.3 Å². The first-order valence-electron chi connectivity index (χ1n) is 9.88. The number of oxime groups is 1. The number of carboxylic acid groups (broad SMARTS) is 1. The molecule has 2 aromatic heterocycles. The maximum Gasteiger partial charge on any atom is 0.323 e. The summed E-state index contributed by atoms with van der Waals surface area (Å²) in [6, 6.07) is 13.4. The maximum atomic E-state index is 12.2. The highest BCUT2D eigenvalue weighted by Gasteiger charge is 2.20. The Morgan fingerprint density at radius 1 is 1.21 bits per heavy atom. The predicted molar refractivity (Wildman–Crippen MR) is 121 cm³/mol. The molecule has 0 bridgehead atoms. The summed E-state index contributed by atoms with van der Waals surface area (Å²) in [4.78, 5) is 53.9. The number of aliphatic carboxylic acids is 1. The van der Waals surface area contributed by atoms with Gasteiger partial charge in [0.05, 0.1) is 22.2 Å². The zero-order valence-electron chi connectivity index (χ0n) is 17.5. The van der Waals surface area contributed by atoms with Crippen LogP contribution in [0.4, 0.5) is 5.69 Å². The molecule has 0 saturated heterocycles. The van der Waals surface area contributed by atoms with E-state index in [0.717, 1.165) is 16.2 Å². The average molecular weight is 463 g/mol. The lowest BCUT2D eigenvalue weighted by Crippen LogP contribution is -2.37. The molecule has 0 spiro atoms. The number of nitrogens with one attached hydrogen (secondary N) is 1. The third kappa shape index (κ3) is 4.60. The quantitative estimate of drug-likeness (QED) is 0.175. The molecule has 2 N–H and O–H groups in total. The molecule has 0 fully saturated rings. The van der Waals surface area contributed by atoms with Crippen molar-refractivity contribution in [3.05, 3.63) is 103 Å². The fraction of sp³-hybridized carbons (Fsp3) is 0.0909. The van der Waals surface area contributed by atoms with Gasteiger partial charge in [-0.25, -0.2) is 0 Å². The predicted octanol–water partition coefficient (Wildman–Crippen LogP) is 2.02. The molecule has 0 aliphatic carbocycles. The number of benzene rings is 2. The first-order valence-corrected chi connectivity index (χ1v) is 9.88. The second-order valence-corrected chi connectivity index (χ2v) is 7.20. The number of aromatic amines is 1. The number of aromatic nitrogens is 3. The largest absolute Gasteiger partial charge is 0.480 e. The molecule has 4 rings (SSSR count). The van der Waals surface area contributed by atoms with Gasteiger partial charge in [-0.2, -0.15) is 0 Å². The van der Waals surface area contributed by atoms with E-state index in [2.05, 4.69) is 10.1 Å². The summed E-state index contributed by atoms with van der Waals surface area (Å²) < 4.78 is 2.18. The number of nitro benzene ring substituents is 1. The molecule has 0 amide bonds. The highest BCUT2D eigenvalue weighted by molar-refractivity contribution is 5.84. The van der Waals surface area contributed by atoms with Crippen LogP contribution in [-0.4, -0.2) is 36.3 Å². The third-order valence-electron chi connectivity index (χ3n) is 4.91. The Kier molecular flexibility index (Phi) is 6.03. The molecular formula is C22H17N5O7. The molecule has 2 aromatic carbocycles. The molecule has 0 unspecified atom stereocenters. The Bertz CT molecular complexity index is 1530. The zero-order valence-corrected chi connectivity index (χ0v) is 17.5. The van der Waals surface area contributed by atoms with Gasteiger partial charge in [0, 0.05) is 24.0 Å². The van der Waals surface area contributed by atoms with Crippen molar-refractivity contribution < 1.29 is 19.7 Å². The summed E-state index contributed by atoms with van der Waals surface area (Å²) >= 11 is 0. The van der Waals surface area contributed by atoms with Crippen molar-refractivity contribution in [2.45, 2.75) is 13.2 Å². The van der Waals surface area contributed by atoms with Crippen molar-refractivity contribution in [3.8, 4) is 5.69 Å². The van der Waals surface area contributed by atoms with Gasteiger partial charge in [-0.05, 0) is 17.7 Å². The van der Waals surface area contributed by atoms with Crippen LogP contribution in [0, 0.1) is 10.1 Å². The number of nitrogens with zero attached hydrogens (tertiary/aromatic N) is 4. The van der Waals surface area contributed by atoms with Crippen LogP contribution >= 0.6 is 0 Å². The van der Waals surface area contributed by atoms with Crippen LogP contribution in [-0.2, 0) is 22.8 Å². The number of carbonyl (C=O) groups is 1. The summed E-state index contributed by atoms with van der Waals surface area (Å²) in [5, 5.41) is 24.7. The number of fused-ring (bicyclic) bond motifs is 1.